The molecule has 1 aromatic heterocycles. The lowest BCUT2D eigenvalue weighted by atomic mass is 10.0. The van der Waals surface area contributed by atoms with Crippen LogP contribution in [0.3, 0.4) is 0 Å². The molecule has 1 heterocycles. The molecule has 2 aromatic carbocycles. The number of furan rings is 1. The van der Waals surface area contributed by atoms with Crippen molar-refractivity contribution in [2.45, 2.75) is 6.54 Å². The summed E-state index contributed by atoms with van der Waals surface area (Å²) in [4.78, 5) is 12.1. The molecule has 0 aliphatic carbocycles. The highest BCUT2D eigenvalue weighted by Crippen LogP contribution is 2.19. The first-order chi connectivity index (χ1) is 10.8. The number of carbonyl (C=O) groups excluding carboxylic acids is 1. The molecule has 0 aliphatic rings. The molecule has 110 valence electrons. The quantitative estimate of drug-likeness (QED) is 0.700. The van der Waals surface area contributed by atoms with E-state index < -0.39 is 0 Å². The zero-order valence-corrected chi connectivity index (χ0v) is 12.2. The molecule has 0 saturated heterocycles. The zero-order valence-electron chi connectivity index (χ0n) is 12.2. The Bertz CT molecular complexity index is 716. The van der Waals surface area contributed by atoms with Crippen LogP contribution in [0, 0.1) is 0 Å². The first-order valence-corrected chi connectivity index (χ1v) is 7.25. The number of hydrogen-bond acceptors (Lipinski definition) is 3. The summed E-state index contributed by atoms with van der Waals surface area (Å²) >= 11 is 0. The van der Waals surface area contributed by atoms with Gasteiger partial charge in [0.2, 0.25) is 0 Å². The summed E-state index contributed by atoms with van der Waals surface area (Å²) in [6, 6.07) is 21.5. The molecule has 0 bridgehead atoms. The second-order valence-corrected chi connectivity index (χ2v) is 5.05. The van der Waals surface area contributed by atoms with Crippen molar-refractivity contribution in [3.8, 4) is 11.1 Å². The molecule has 3 rings (SSSR count). The van der Waals surface area contributed by atoms with Crippen molar-refractivity contribution in [3.63, 3.8) is 0 Å². The summed E-state index contributed by atoms with van der Waals surface area (Å²) in [6.45, 7) is 0.853. The molecule has 0 amide bonds. The molecule has 3 nitrogen and oxygen atoms in total. The standard InChI is InChI=1S/C19H17NO2/c21-19(14-20-13-18-7-4-12-22-18)17-10-8-16(9-11-17)15-5-2-1-3-6-15/h1-12,20H,13-14H2. The van der Waals surface area contributed by atoms with Crippen molar-refractivity contribution in [2.75, 3.05) is 6.54 Å². The minimum atomic E-state index is 0.0752. The van der Waals surface area contributed by atoms with Crippen LogP contribution in [0.25, 0.3) is 11.1 Å². The minimum absolute atomic E-state index is 0.0752. The van der Waals surface area contributed by atoms with Crippen LogP contribution in [-0.2, 0) is 6.54 Å². The van der Waals surface area contributed by atoms with Crippen LogP contribution in [-0.4, -0.2) is 12.3 Å². The van der Waals surface area contributed by atoms with E-state index in [1.165, 1.54) is 0 Å². The van der Waals surface area contributed by atoms with Gasteiger partial charge in [0.1, 0.15) is 5.76 Å². The number of nitrogens with one attached hydrogen (secondary N) is 1. The molecular formula is C19H17NO2. The lowest BCUT2D eigenvalue weighted by molar-refractivity contribution is 0.0990. The summed E-state index contributed by atoms with van der Waals surface area (Å²) in [5.41, 5.74) is 2.98. The highest BCUT2D eigenvalue weighted by molar-refractivity contribution is 5.98. The van der Waals surface area contributed by atoms with Crippen molar-refractivity contribution in [2.24, 2.45) is 0 Å². The van der Waals surface area contributed by atoms with Crippen LogP contribution in [0.2, 0.25) is 0 Å². The Kier molecular flexibility index (Phi) is 4.47. The van der Waals surface area contributed by atoms with Gasteiger partial charge in [0.05, 0.1) is 19.4 Å². The van der Waals surface area contributed by atoms with Gasteiger partial charge in [-0.2, -0.15) is 0 Å². The topological polar surface area (TPSA) is 42.2 Å². The average molecular weight is 291 g/mol. The second kappa shape index (κ2) is 6.87. The first-order valence-electron chi connectivity index (χ1n) is 7.25. The van der Waals surface area contributed by atoms with Gasteiger partial charge in [-0.1, -0.05) is 54.6 Å². The monoisotopic (exact) mass is 291 g/mol. The summed E-state index contributed by atoms with van der Waals surface area (Å²) in [6.07, 6.45) is 1.63. The SMILES string of the molecule is O=C(CNCc1ccco1)c1ccc(-c2ccccc2)cc1. The maximum atomic E-state index is 12.1. The van der Waals surface area contributed by atoms with E-state index in [-0.39, 0.29) is 5.78 Å². The molecule has 0 aliphatic heterocycles. The van der Waals surface area contributed by atoms with Gasteiger partial charge in [-0.25, -0.2) is 0 Å². The Labute approximate surface area is 129 Å². The number of ketones is 1. The van der Waals surface area contributed by atoms with E-state index in [2.05, 4.69) is 17.4 Å². The fourth-order valence-corrected chi connectivity index (χ4v) is 2.29. The summed E-state index contributed by atoms with van der Waals surface area (Å²) in [5.74, 6) is 0.901. The second-order valence-electron chi connectivity index (χ2n) is 5.05. The molecule has 0 atom stereocenters. The van der Waals surface area contributed by atoms with E-state index in [4.69, 9.17) is 4.42 Å². The van der Waals surface area contributed by atoms with E-state index in [0.29, 0.717) is 18.7 Å². The molecule has 3 aromatic rings. The van der Waals surface area contributed by atoms with Crippen molar-refractivity contribution < 1.29 is 9.21 Å². The molecule has 22 heavy (non-hydrogen) atoms. The first kappa shape index (κ1) is 14.3. The third kappa shape index (κ3) is 3.51. The van der Waals surface area contributed by atoms with Gasteiger partial charge in [-0.05, 0) is 23.3 Å². The smallest absolute Gasteiger partial charge is 0.176 e. The van der Waals surface area contributed by atoms with Gasteiger partial charge in [-0.15, -0.1) is 0 Å². The predicted octanol–water partition coefficient (Wildman–Crippen LogP) is 3.92. The number of hydrogen-bond donors (Lipinski definition) is 1. The summed E-state index contributed by atoms with van der Waals surface area (Å²) in [7, 11) is 0. The Morgan fingerprint density at radius 2 is 1.59 bits per heavy atom. The lowest BCUT2D eigenvalue weighted by Crippen LogP contribution is -2.22. The maximum absolute atomic E-state index is 12.1. The van der Waals surface area contributed by atoms with Gasteiger partial charge in [0.15, 0.2) is 5.78 Å². The fraction of sp³-hybridized carbons (Fsp3) is 0.105. The van der Waals surface area contributed by atoms with Gasteiger partial charge in [0, 0.05) is 5.56 Å². The largest absolute Gasteiger partial charge is 0.468 e. The van der Waals surface area contributed by atoms with Crippen molar-refractivity contribution in [1.82, 2.24) is 5.32 Å². The molecule has 1 N–H and O–H groups in total. The van der Waals surface area contributed by atoms with Crippen LogP contribution >= 0.6 is 0 Å². The Balaban J connectivity index is 1.59. The number of carbonyl (C=O) groups is 1. The molecule has 0 unspecified atom stereocenters. The fourth-order valence-electron chi connectivity index (χ4n) is 2.29. The zero-order chi connectivity index (χ0) is 15.2. The molecule has 0 spiro atoms. The number of benzene rings is 2. The Morgan fingerprint density at radius 3 is 2.27 bits per heavy atom. The summed E-state index contributed by atoms with van der Waals surface area (Å²) in [5, 5.41) is 3.09. The highest BCUT2D eigenvalue weighted by Gasteiger charge is 2.06. The predicted molar refractivity (Wildman–Crippen MR) is 86.6 cm³/mol. The van der Waals surface area contributed by atoms with Crippen molar-refractivity contribution in [1.29, 1.82) is 0 Å². The van der Waals surface area contributed by atoms with Gasteiger partial charge >= 0.3 is 0 Å². The molecule has 0 saturated carbocycles. The van der Waals surface area contributed by atoms with E-state index in [1.54, 1.807) is 6.26 Å². The third-order valence-corrected chi connectivity index (χ3v) is 3.48. The lowest BCUT2D eigenvalue weighted by Gasteiger charge is -2.05. The van der Waals surface area contributed by atoms with E-state index in [1.807, 2.05) is 54.6 Å². The Hall–Kier alpha value is -2.65. The average Bonchev–Trinajstić information content (AvgIpc) is 3.09. The van der Waals surface area contributed by atoms with Gasteiger partial charge in [-0.3, -0.25) is 4.79 Å². The normalized spacial score (nSPS) is 10.5. The minimum Gasteiger partial charge on any atom is -0.468 e. The van der Waals surface area contributed by atoms with Gasteiger partial charge in [0.25, 0.3) is 0 Å². The van der Waals surface area contributed by atoms with E-state index in [0.717, 1.165) is 16.9 Å². The molecular weight excluding hydrogens is 274 g/mol. The van der Waals surface area contributed by atoms with Crippen molar-refractivity contribution >= 4 is 5.78 Å². The summed E-state index contributed by atoms with van der Waals surface area (Å²) < 4.78 is 5.21. The maximum Gasteiger partial charge on any atom is 0.176 e. The van der Waals surface area contributed by atoms with Crippen LogP contribution in [0.1, 0.15) is 16.1 Å². The van der Waals surface area contributed by atoms with Crippen LogP contribution < -0.4 is 5.32 Å². The van der Waals surface area contributed by atoms with E-state index in [9.17, 15) is 4.79 Å². The van der Waals surface area contributed by atoms with E-state index >= 15 is 0 Å². The van der Waals surface area contributed by atoms with Gasteiger partial charge < -0.3 is 9.73 Å². The molecule has 3 heteroatoms. The molecule has 0 radical (unpaired) electrons. The highest BCUT2D eigenvalue weighted by atomic mass is 16.3. The number of rotatable bonds is 6. The molecule has 0 fully saturated rings. The number of Topliss-reactive ketones (excluding diaryl/α,β-unsaturated/α-hetero) is 1. The van der Waals surface area contributed by atoms with Crippen LogP contribution in [0.15, 0.2) is 77.4 Å². The Morgan fingerprint density at radius 1 is 0.864 bits per heavy atom. The third-order valence-electron chi connectivity index (χ3n) is 3.48. The van der Waals surface area contributed by atoms with Crippen LogP contribution in [0.4, 0.5) is 0 Å². The van der Waals surface area contributed by atoms with Crippen LogP contribution in [0.5, 0.6) is 0 Å². The van der Waals surface area contributed by atoms with Crippen molar-refractivity contribution in [3.05, 3.63) is 84.3 Å².